The van der Waals surface area contributed by atoms with Crippen molar-refractivity contribution in [2.24, 2.45) is 0 Å². The topological polar surface area (TPSA) is 52.1 Å². The quantitative estimate of drug-likeness (QED) is 0.723. The molecule has 4 heteroatoms. The van der Waals surface area contributed by atoms with Crippen molar-refractivity contribution >= 4 is 5.78 Å². The fraction of sp³-hybridized carbons (Fsp3) is 0.583. The standard InChI is InChI=1S/C12H16N2O2/c1-16-7-3-6-12-13-8-9-10(14-12)4-2-5-11(9)15/h8H,2-7H2,1H3. The van der Waals surface area contributed by atoms with Gasteiger partial charge in [-0.15, -0.1) is 0 Å². The largest absolute Gasteiger partial charge is 0.385 e. The average Bonchev–Trinajstić information content (AvgIpc) is 2.30. The molecule has 0 saturated carbocycles. The Kier molecular flexibility index (Phi) is 3.62. The van der Waals surface area contributed by atoms with Crippen molar-refractivity contribution in [3.05, 3.63) is 23.3 Å². The van der Waals surface area contributed by atoms with Gasteiger partial charge >= 0.3 is 0 Å². The zero-order chi connectivity index (χ0) is 11.4. The predicted molar refractivity (Wildman–Crippen MR) is 59.5 cm³/mol. The molecule has 1 aromatic rings. The van der Waals surface area contributed by atoms with E-state index in [1.54, 1.807) is 13.3 Å². The van der Waals surface area contributed by atoms with Crippen LogP contribution in [-0.2, 0) is 17.6 Å². The van der Waals surface area contributed by atoms with Crippen LogP contribution < -0.4 is 0 Å². The Labute approximate surface area is 95.1 Å². The highest BCUT2D eigenvalue weighted by molar-refractivity contribution is 5.97. The van der Waals surface area contributed by atoms with Gasteiger partial charge in [0.25, 0.3) is 0 Å². The molecule has 1 aliphatic carbocycles. The van der Waals surface area contributed by atoms with E-state index in [4.69, 9.17) is 4.74 Å². The number of hydrogen-bond donors (Lipinski definition) is 0. The van der Waals surface area contributed by atoms with Crippen LogP contribution in [0.3, 0.4) is 0 Å². The second kappa shape index (κ2) is 5.16. The summed E-state index contributed by atoms with van der Waals surface area (Å²) in [5, 5.41) is 0. The number of hydrogen-bond acceptors (Lipinski definition) is 4. The van der Waals surface area contributed by atoms with Gasteiger partial charge in [-0.2, -0.15) is 0 Å². The van der Waals surface area contributed by atoms with Gasteiger partial charge in [-0.1, -0.05) is 0 Å². The van der Waals surface area contributed by atoms with Gasteiger partial charge in [0, 0.05) is 32.8 Å². The Morgan fingerprint density at radius 3 is 3.12 bits per heavy atom. The van der Waals surface area contributed by atoms with E-state index in [2.05, 4.69) is 9.97 Å². The van der Waals surface area contributed by atoms with E-state index in [1.807, 2.05) is 0 Å². The SMILES string of the molecule is COCCCc1ncc2c(n1)CCCC2=O. The fourth-order valence-electron chi connectivity index (χ4n) is 1.93. The van der Waals surface area contributed by atoms with Crippen molar-refractivity contribution in [3.8, 4) is 0 Å². The van der Waals surface area contributed by atoms with Crippen molar-refractivity contribution in [3.63, 3.8) is 0 Å². The van der Waals surface area contributed by atoms with Crippen LogP contribution in [0.25, 0.3) is 0 Å². The third-order valence-corrected chi connectivity index (χ3v) is 2.78. The molecule has 0 fully saturated rings. The summed E-state index contributed by atoms with van der Waals surface area (Å²) in [5.41, 5.74) is 1.65. The number of ether oxygens (including phenoxy) is 1. The molecule has 1 aliphatic rings. The molecular weight excluding hydrogens is 204 g/mol. The molecule has 0 bridgehead atoms. The molecule has 0 N–H and O–H groups in total. The zero-order valence-electron chi connectivity index (χ0n) is 9.53. The highest BCUT2D eigenvalue weighted by Gasteiger charge is 2.18. The van der Waals surface area contributed by atoms with E-state index in [1.165, 1.54) is 0 Å². The van der Waals surface area contributed by atoms with E-state index >= 15 is 0 Å². The van der Waals surface area contributed by atoms with Gasteiger partial charge in [0.1, 0.15) is 5.82 Å². The summed E-state index contributed by atoms with van der Waals surface area (Å²) >= 11 is 0. The predicted octanol–water partition coefficient (Wildman–Crippen LogP) is 1.57. The number of aryl methyl sites for hydroxylation is 2. The van der Waals surface area contributed by atoms with Crippen LogP contribution in [0.1, 0.15) is 41.1 Å². The number of aromatic nitrogens is 2. The van der Waals surface area contributed by atoms with Crippen LogP contribution in [0.4, 0.5) is 0 Å². The monoisotopic (exact) mass is 220 g/mol. The summed E-state index contributed by atoms with van der Waals surface area (Å²) < 4.78 is 4.98. The second-order valence-corrected chi connectivity index (χ2v) is 4.02. The van der Waals surface area contributed by atoms with Crippen molar-refractivity contribution in [1.29, 1.82) is 0 Å². The Hall–Kier alpha value is -1.29. The van der Waals surface area contributed by atoms with E-state index in [-0.39, 0.29) is 5.78 Å². The first-order valence-electron chi connectivity index (χ1n) is 5.68. The van der Waals surface area contributed by atoms with Crippen LogP contribution in [0.5, 0.6) is 0 Å². The summed E-state index contributed by atoms with van der Waals surface area (Å²) in [6, 6.07) is 0. The molecule has 0 atom stereocenters. The molecule has 16 heavy (non-hydrogen) atoms. The number of carbonyl (C=O) groups excluding carboxylic acids is 1. The van der Waals surface area contributed by atoms with E-state index in [0.717, 1.165) is 49.4 Å². The number of Topliss-reactive ketones (excluding diaryl/α,β-unsaturated/α-hetero) is 1. The molecule has 0 aliphatic heterocycles. The summed E-state index contributed by atoms with van der Waals surface area (Å²) in [6.45, 7) is 0.722. The van der Waals surface area contributed by atoms with Crippen LogP contribution in [-0.4, -0.2) is 29.5 Å². The summed E-state index contributed by atoms with van der Waals surface area (Å²) in [5.74, 6) is 1.01. The summed E-state index contributed by atoms with van der Waals surface area (Å²) in [6.07, 6.45) is 5.88. The molecule has 0 aromatic carbocycles. The minimum absolute atomic E-state index is 0.185. The molecule has 1 heterocycles. The lowest BCUT2D eigenvalue weighted by Crippen LogP contribution is -2.15. The molecule has 86 valence electrons. The maximum atomic E-state index is 11.6. The molecule has 2 rings (SSSR count). The molecular formula is C12H16N2O2. The van der Waals surface area contributed by atoms with Gasteiger partial charge in [0.15, 0.2) is 5.78 Å². The second-order valence-electron chi connectivity index (χ2n) is 4.02. The molecule has 0 amide bonds. The summed E-state index contributed by atoms with van der Waals surface area (Å²) in [7, 11) is 1.69. The van der Waals surface area contributed by atoms with Crippen LogP contribution in [0.15, 0.2) is 6.20 Å². The van der Waals surface area contributed by atoms with E-state index in [0.29, 0.717) is 6.42 Å². The van der Waals surface area contributed by atoms with Crippen molar-refractivity contribution in [1.82, 2.24) is 9.97 Å². The number of methoxy groups -OCH3 is 1. The smallest absolute Gasteiger partial charge is 0.166 e. The minimum atomic E-state index is 0.185. The van der Waals surface area contributed by atoms with Crippen molar-refractivity contribution < 1.29 is 9.53 Å². The van der Waals surface area contributed by atoms with Crippen LogP contribution in [0, 0.1) is 0 Å². The Bertz CT molecular complexity index is 391. The average molecular weight is 220 g/mol. The maximum absolute atomic E-state index is 11.6. The lowest BCUT2D eigenvalue weighted by Gasteiger charge is -2.13. The van der Waals surface area contributed by atoms with Crippen molar-refractivity contribution in [2.75, 3.05) is 13.7 Å². The van der Waals surface area contributed by atoms with Crippen LogP contribution in [0.2, 0.25) is 0 Å². The van der Waals surface area contributed by atoms with E-state index < -0.39 is 0 Å². The lowest BCUT2D eigenvalue weighted by molar-refractivity contribution is 0.0971. The molecule has 0 unspecified atom stereocenters. The maximum Gasteiger partial charge on any atom is 0.166 e. The molecule has 1 aromatic heterocycles. The van der Waals surface area contributed by atoms with Crippen molar-refractivity contribution in [2.45, 2.75) is 32.1 Å². The number of rotatable bonds is 4. The van der Waals surface area contributed by atoms with Gasteiger partial charge in [-0.25, -0.2) is 9.97 Å². The van der Waals surface area contributed by atoms with Gasteiger partial charge < -0.3 is 4.74 Å². The minimum Gasteiger partial charge on any atom is -0.385 e. The van der Waals surface area contributed by atoms with Gasteiger partial charge in [0.05, 0.1) is 11.3 Å². The molecule has 0 spiro atoms. The van der Waals surface area contributed by atoms with Gasteiger partial charge in [-0.05, 0) is 19.3 Å². The number of carbonyl (C=O) groups is 1. The number of nitrogens with zero attached hydrogens (tertiary/aromatic N) is 2. The highest BCUT2D eigenvalue weighted by atomic mass is 16.5. The lowest BCUT2D eigenvalue weighted by atomic mass is 9.96. The Morgan fingerprint density at radius 1 is 1.44 bits per heavy atom. The normalized spacial score (nSPS) is 14.9. The molecule has 0 radical (unpaired) electrons. The fourth-order valence-corrected chi connectivity index (χ4v) is 1.93. The van der Waals surface area contributed by atoms with Gasteiger partial charge in [0.2, 0.25) is 0 Å². The first-order chi connectivity index (χ1) is 7.81. The van der Waals surface area contributed by atoms with Gasteiger partial charge in [-0.3, -0.25) is 4.79 Å². The zero-order valence-corrected chi connectivity index (χ0v) is 9.53. The highest BCUT2D eigenvalue weighted by Crippen LogP contribution is 2.18. The summed E-state index contributed by atoms with van der Waals surface area (Å²) in [4.78, 5) is 20.2. The third kappa shape index (κ3) is 2.44. The first kappa shape index (κ1) is 11.2. The Morgan fingerprint density at radius 2 is 2.31 bits per heavy atom. The number of ketones is 1. The Balaban J connectivity index is 2.09. The van der Waals surface area contributed by atoms with Crippen LogP contribution >= 0.6 is 0 Å². The first-order valence-corrected chi connectivity index (χ1v) is 5.68. The molecule has 0 saturated heterocycles. The van der Waals surface area contributed by atoms with E-state index in [9.17, 15) is 4.79 Å². The molecule has 4 nitrogen and oxygen atoms in total. The number of fused-ring (bicyclic) bond motifs is 1. The third-order valence-electron chi connectivity index (χ3n) is 2.78.